The minimum atomic E-state index is -0.651. The van der Waals surface area contributed by atoms with E-state index in [2.05, 4.69) is 11.1 Å². The number of aliphatic hydroxyl groups excluding tert-OH is 1. The molecule has 0 aliphatic heterocycles. The average Bonchev–Trinajstić information content (AvgIpc) is 3.22. The third-order valence-electron chi connectivity index (χ3n) is 5.06. The van der Waals surface area contributed by atoms with Crippen LogP contribution in [0.25, 0.3) is 0 Å². The van der Waals surface area contributed by atoms with Crippen molar-refractivity contribution in [2.24, 2.45) is 4.99 Å². The molecule has 1 aromatic carbocycles. The highest BCUT2D eigenvalue weighted by molar-refractivity contribution is 5.84. The quantitative estimate of drug-likeness (QED) is 0.747. The van der Waals surface area contributed by atoms with E-state index in [-0.39, 0.29) is 0 Å². The normalized spacial score (nSPS) is 16.7. The van der Waals surface area contributed by atoms with Crippen molar-refractivity contribution in [3.05, 3.63) is 59.4 Å². The second-order valence-electron chi connectivity index (χ2n) is 7.09. The van der Waals surface area contributed by atoms with E-state index in [0.717, 1.165) is 29.3 Å². The highest BCUT2D eigenvalue weighted by Gasteiger charge is 2.19. The van der Waals surface area contributed by atoms with Crippen LogP contribution in [0, 0.1) is 0 Å². The van der Waals surface area contributed by atoms with Crippen molar-refractivity contribution in [1.29, 1.82) is 0 Å². The van der Waals surface area contributed by atoms with Crippen molar-refractivity contribution in [2.45, 2.75) is 51.0 Å². The monoisotopic (exact) mass is 352 g/mol. The summed E-state index contributed by atoms with van der Waals surface area (Å²) in [6.07, 6.45) is 5.12. The fraction of sp³-hybridized carbons (Fsp3) is 0.455. The van der Waals surface area contributed by atoms with Crippen molar-refractivity contribution < 1.29 is 9.84 Å². The summed E-state index contributed by atoms with van der Waals surface area (Å²) in [5, 5.41) is 10.5. The molecule has 3 rings (SSSR count). The average molecular weight is 352 g/mol. The number of methoxy groups -OCH3 is 1. The van der Waals surface area contributed by atoms with Crippen LogP contribution >= 0.6 is 0 Å². The van der Waals surface area contributed by atoms with E-state index in [1.54, 1.807) is 7.11 Å². The number of benzene rings is 1. The zero-order valence-electron chi connectivity index (χ0n) is 15.7. The Bertz CT molecular complexity index is 734. The van der Waals surface area contributed by atoms with Gasteiger partial charge in [-0.05, 0) is 49.6 Å². The molecule has 1 aliphatic rings. The predicted octanol–water partition coefficient (Wildman–Crippen LogP) is 4.48. The number of nitrogens with zero attached hydrogens (tertiary/aromatic N) is 2. The molecule has 0 saturated heterocycles. The highest BCUT2D eigenvalue weighted by Crippen LogP contribution is 2.33. The van der Waals surface area contributed by atoms with Crippen molar-refractivity contribution >= 4 is 5.71 Å². The molecule has 26 heavy (non-hydrogen) atoms. The molecule has 1 N–H and O–H groups in total. The number of aliphatic hydroxyl groups is 1. The van der Waals surface area contributed by atoms with E-state index in [4.69, 9.17) is 9.72 Å². The van der Waals surface area contributed by atoms with Crippen LogP contribution < -0.4 is 4.74 Å². The summed E-state index contributed by atoms with van der Waals surface area (Å²) < 4.78 is 5.18. The first-order valence-electron chi connectivity index (χ1n) is 9.43. The lowest BCUT2D eigenvalue weighted by Crippen LogP contribution is -2.09. The van der Waals surface area contributed by atoms with Crippen LogP contribution in [0.4, 0.5) is 0 Å². The van der Waals surface area contributed by atoms with E-state index in [1.807, 2.05) is 43.3 Å². The molecule has 0 unspecified atom stereocenters. The minimum Gasteiger partial charge on any atom is -0.497 e. The van der Waals surface area contributed by atoms with Gasteiger partial charge in [-0.25, -0.2) is 0 Å². The second-order valence-corrected chi connectivity index (χ2v) is 7.09. The van der Waals surface area contributed by atoms with Gasteiger partial charge in [0.15, 0.2) is 0 Å². The number of aliphatic imine (C=N–C) groups is 1. The zero-order chi connectivity index (χ0) is 18.4. The second kappa shape index (κ2) is 8.95. The number of rotatable bonds is 7. The van der Waals surface area contributed by atoms with Gasteiger partial charge in [0.2, 0.25) is 0 Å². The van der Waals surface area contributed by atoms with Crippen LogP contribution in [0.2, 0.25) is 0 Å². The maximum atomic E-state index is 10.5. The number of pyridine rings is 1. The summed E-state index contributed by atoms with van der Waals surface area (Å²) in [6.45, 7) is 2.35. The van der Waals surface area contributed by atoms with Crippen LogP contribution in [0.15, 0.2) is 47.5 Å². The lowest BCUT2D eigenvalue weighted by molar-refractivity contribution is 0.182. The first kappa shape index (κ1) is 18.6. The fourth-order valence-corrected chi connectivity index (χ4v) is 3.53. The van der Waals surface area contributed by atoms with E-state index >= 15 is 0 Å². The maximum Gasteiger partial charge on any atom is 0.118 e. The Balaban J connectivity index is 1.58. The molecular formula is C22H28N2O2. The van der Waals surface area contributed by atoms with Crippen LogP contribution in [0.5, 0.6) is 5.75 Å². The summed E-state index contributed by atoms with van der Waals surface area (Å²) in [5.41, 5.74) is 4.04. The SMILES string of the molecule is COc1ccc(C/C(C)=N/C[C@H](O)c2cccc(C3CCCC3)n2)cc1. The van der Waals surface area contributed by atoms with Gasteiger partial charge in [-0.1, -0.05) is 31.0 Å². The Morgan fingerprint density at radius 2 is 1.92 bits per heavy atom. The van der Waals surface area contributed by atoms with Crippen molar-refractivity contribution in [1.82, 2.24) is 4.98 Å². The molecule has 1 atom stereocenters. The van der Waals surface area contributed by atoms with Gasteiger partial charge in [-0.2, -0.15) is 0 Å². The third-order valence-corrected chi connectivity index (χ3v) is 5.06. The Hall–Kier alpha value is -2.20. The number of hydrogen-bond donors (Lipinski definition) is 1. The summed E-state index contributed by atoms with van der Waals surface area (Å²) in [4.78, 5) is 9.26. The molecule has 138 valence electrons. The van der Waals surface area contributed by atoms with Gasteiger partial charge in [0.25, 0.3) is 0 Å². The molecule has 1 heterocycles. The molecule has 4 nitrogen and oxygen atoms in total. The molecule has 1 aliphatic carbocycles. The molecular weight excluding hydrogens is 324 g/mol. The van der Waals surface area contributed by atoms with Crippen molar-refractivity contribution in [3.63, 3.8) is 0 Å². The first-order valence-corrected chi connectivity index (χ1v) is 9.43. The lowest BCUT2D eigenvalue weighted by Gasteiger charge is -2.13. The highest BCUT2D eigenvalue weighted by atomic mass is 16.5. The summed E-state index contributed by atoms with van der Waals surface area (Å²) >= 11 is 0. The lowest BCUT2D eigenvalue weighted by atomic mass is 10.0. The van der Waals surface area contributed by atoms with Gasteiger partial charge in [0.1, 0.15) is 11.9 Å². The number of ether oxygens (including phenoxy) is 1. The van der Waals surface area contributed by atoms with Gasteiger partial charge in [-0.15, -0.1) is 0 Å². The van der Waals surface area contributed by atoms with Crippen molar-refractivity contribution in [3.8, 4) is 5.75 Å². The van der Waals surface area contributed by atoms with Crippen molar-refractivity contribution in [2.75, 3.05) is 13.7 Å². The molecule has 0 amide bonds. The van der Waals surface area contributed by atoms with Gasteiger partial charge >= 0.3 is 0 Å². The van der Waals surface area contributed by atoms with E-state index < -0.39 is 6.10 Å². The smallest absolute Gasteiger partial charge is 0.118 e. The van der Waals surface area contributed by atoms with Crippen LogP contribution in [0.1, 0.15) is 61.6 Å². The topological polar surface area (TPSA) is 54.7 Å². The van der Waals surface area contributed by atoms with E-state index in [0.29, 0.717) is 12.5 Å². The van der Waals surface area contributed by atoms with E-state index in [1.165, 1.54) is 31.2 Å². The summed E-state index contributed by atoms with van der Waals surface area (Å²) in [5.74, 6) is 1.41. The molecule has 0 bridgehead atoms. The standard InChI is InChI=1S/C22H28N2O2/c1-16(14-17-10-12-19(26-2)13-11-17)23-15-22(25)21-9-5-8-20(24-21)18-6-3-4-7-18/h5,8-13,18,22,25H,3-4,6-7,14-15H2,1-2H3/b23-16+/t22-/m0/s1. The Labute approximate surface area is 156 Å². The first-order chi connectivity index (χ1) is 12.7. The molecule has 1 fully saturated rings. The zero-order valence-corrected chi connectivity index (χ0v) is 15.7. The Kier molecular flexibility index (Phi) is 6.40. The number of aromatic nitrogens is 1. The largest absolute Gasteiger partial charge is 0.497 e. The molecule has 1 aromatic heterocycles. The van der Waals surface area contributed by atoms with Gasteiger partial charge in [0.05, 0.1) is 19.3 Å². The predicted molar refractivity (Wildman–Crippen MR) is 105 cm³/mol. The molecule has 1 saturated carbocycles. The van der Waals surface area contributed by atoms with E-state index in [9.17, 15) is 5.11 Å². The van der Waals surface area contributed by atoms with Gasteiger partial charge < -0.3 is 9.84 Å². The maximum absolute atomic E-state index is 10.5. The summed E-state index contributed by atoms with van der Waals surface area (Å²) in [6, 6.07) is 14.0. The molecule has 0 radical (unpaired) electrons. The summed E-state index contributed by atoms with van der Waals surface area (Å²) in [7, 11) is 1.67. The molecule has 4 heteroatoms. The number of hydrogen-bond acceptors (Lipinski definition) is 4. The van der Waals surface area contributed by atoms with Gasteiger partial charge in [0, 0.05) is 23.7 Å². The van der Waals surface area contributed by atoms with Crippen LogP contribution in [-0.4, -0.2) is 29.5 Å². The van der Waals surface area contributed by atoms with Crippen LogP contribution in [0.3, 0.4) is 0 Å². The van der Waals surface area contributed by atoms with Gasteiger partial charge in [-0.3, -0.25) is 9.98 Å². The fourth-order valence-electron chi connectivity index (χ4n) is 3.53. The molecule has 2 aromatic rings. The minimum absolute atomic E-state index is 0.350. The molecule has 0 spiro atoms. The van der Waals surface area contributed by atoms with Crippen LogP contribution in [-0.2, 0) is 6.42 Å². The Morgan fingerprint density at radius 1 is 1.19 bits per heavy atom. The third kappa shape index (κ3) is 4.92. The Morgan fingerprint density at radius 3 is 2.62 bits per heavy atom.